The molecule has 0 aromatic heterocycles. The number of unbranched alkanes of at least 4 members (excludes halogenated alkanes) is 3. The van der Waals surface area contributed by atoms with Gasteiger partial charge in [-0.1, -0.05) is 59.8 Å². The van der Waals surface area contributed by atoms with E-state index in [0.717, 1.165) is 5.92 Å². The first-order chi connectivity index (χ1) is 8.28. The van der Waals surface area contributed by atoms with E-state index in [9.17, 15) is 0 Å². The zero-order valence-corrected chi connectivity index (χ0v) is 12.8. The molecule has 104 valence electrons. The normalized spacial score (nSPS) is 13.2. The number of rotatable bonds is 12. The molecule has 0 bridgehead atoms. The summed E-state index contributed by atoms with van der Waals surface area (Å²) in [6, 6.07) is 0. The molecule has 1 atom stereocenters. The summed E-state index contributed by atoms with van der Waals surface area (Å²) in [4.78, 5) is 2.72. The molecule has 0 saturated heterocycles. The largest absolute Gasteiger partial charge is 0.303 e. The van der Waals surface area contributed by atoms with E-state index in [0.29, 0.717) is 0 Å². The van der Waals surface area contributed by atoms with E-state index in [1.54, 1.807) is 0 Å². The van der Waals surface area contributed by atoms with Crippen LogP contribution in [0.25, 0.3) is 0 Å². The van der Waals surface area contributed by atoms with Gasteiger partial charge in [-0.2, -0.15) is 0 Å². The Labute approximate surface area is 110 Å². The van der Waals surface area contributed by atoms with E-state index in [1.807, 2.05) is 0 Å². The highest BCUT2D eigenvalue weighted by Crippen LogP contribution is 2.15. The van der Waals surface area contributed by atoms with E-state index in [1.165, 1.54) is 71.0 Å². The third-order valence-electron chi connectivity index (χ3n) is 3.72. The lowest BCUT2D eigenvalue weighted by Crippen LogP contribution is -2.31. The summed E-state index contributed by atoms with van der Waals surface area (Å²) in [5.41, 5.74) is 0. The van der Waals surface area contributed by atoms with Crippen molar-refractivity contribution in [2.45, 2.75) is 79.1 Å². The van der Waals surface area contributed by atoms with Crippen LogP contribution in [0.2, 0.25) is 0 Å². The van der Waals surface area contributed by atoms with Crippen LogP contribution in [-0.4, -0.2) is 24.5 Å². The molecule has 0 aliphatic heterocycles. The van der Waals surface area contributed by atoms with Gasteiger partial charge in [0.15, 0.2) is 0 Å². The molecule has 0 aromatic rings. The molecule has 0 unspecified atom stereocenters. The maximum Gasteiger partial charge on any atom is 0.000955 e. The molecule has 0 aliphatic rings. The molecule has 0 spiro atoms. The molecule has 0 N–H and O–H groups in total. The van der Waals surface area contributed by atoms with Gasteiger partial charge in [0.05, 0.1) is 0 Å². The van der Waals surface area contributed by atoms with Crippen molar-refractivity contribution in [1.29, 1.82) is 0 Å². The molecule has 0 amide bonds. The summed E-state index contributed by atoms with van der Waals surface area (Å²) in [6.45, 7) is 13.2. The molecule has 0 aliphatic carbocycles. The predicted molar refractivity (Wildman–Crippen MR) is 79.6 cm³/mol. The topological polar surface area (TPSA) is 3.24 Å². The fourth-order valence-electron chi connectivity index (χ4n) is 2.34. The number of hydrogen-bond acceptors (Lipinski definition) is 1. The van der Waals surface area contributed by atoms with Crippen molar-refractivity contribution in [2.24, 2.45) is 5.92 Å². The van der Waals surface area contributed by atoms with Gasteiger partial charge in [0.25, 0.3) is 0 Å². The van der Waals surface area contributed by atoms with Crippen molar-refractivity contribution < 1.29 is 0 Å². The Morgan fingerprint density at radius 3 is 1.71 bits per heavy atom. The molecule has 0 fully saturated rings. The second-order valence-electron chi connectivity index (χ2n) is 5.42. The molecular formula is C16H35N. The van der Waals surface area contributed by atoms with Gasteiger partial charge in [0.1, 0.15) is 0 Å². The number of hydrogen-bond donors (Lipinski definition) is 0. The van der Waals surface area contributed by atoms with Crippen LogP contribution in [0, 0.1) is 5.92 Å². The van der Waals surface area contributed by atoms with Crippen molar-refractivity contribution in [3.63, 3.8) is 0 Å². The van der Waals surface area contributed by atoms with Crippen LogP contribution in [0.3, 0.4) is 0 Å². The Kier molecular flexibility index (Phi) is 12.4. The van der Waals surface area contributed by atoms with Gasteiger partial charge in [0.2, 0.25) is 0 Å². The maximum atomic E-state index is 2.72. The first kappa shape index (κ1) is 17.0. The van der Waals surface area contributed by atoms with Crippen LogP contribution in [0.1, 0.15) is 79.1 Å². The minimum atomic E-state index is 0.934. The second kappa shape index (κ2) is 12.4. The zero-order valence-electron chi connectivity index (χ0n) is 12.8. The molecule has 0 aromatic carbocycles. The molecule has 0 radical (unpaired) electrons. The molecule has 1 nitrogen and oxygen atoms in total. The number of nitrogens with zero attached hydrogens (tertiary/aromatic N) is 1. The third kappa shape index (κ3) is 9.64. The molecule has 0 heterocycles. The van der Waals surface area contributed by atoms with Crippen molar-refractivity contribution >= 4 is 0 Å². The SMILES string of the molecule is CCCC[C@@H](CC)CN(CCCC)CCCC. The molecule has 0 rings (SSSR count). The van der Waals surface area contributed by atoms with Crippen LogP contribution in [0.4, 0.5) is 0 Å². The highest BCUT2D eigenvalue weighted by Gasteiger charge is 2.11. The fourth-order valence-corrected chi connectivity index (χ4v) is 2.34. The summed E-state index contributed by atoms with van der Waals surface area (Å²) in [5, 5.41) is 0. The van der Waals surface area contributed by atoms with E-state index >= 15 is 0 Å². The summed E-state index contributed by atoms with van der Waals surface area (Å²) >= 11 is 0. The highest BCUT2D eigenvalue weighted by atomic mass is 15.1. The predicted octanol–water partition coefficient (Wildman–Crippen LogP) is 5.11. The fraction of sp³-hybridized carbons (Fsp3) is 1.00. The second-order valence-corrected chi connectivity index (χ2v) is 5.42. The Balaban J connectivity index is 3.97. The van der Waals surface area contributed by atoms with Crippen LogP contribution in [0.5, 0.6) is 0 Å². The van der Waals surface area contributed by atoms with E-state index in [-0.39, 0.29) is 0 Å². The van der Waals surface area contributed by atoms with Gasteiger partial charge in [0, 0.05) is 6.54 Å². The van der Waals surface area contributed by atoms with Crippen molar-refractivity contribution in [1.82, 2.24) is 4.90 Å². The summed E-state index contributed by atoms with van der Waals surface area (Å²) < 4.78 is 0. The average molecular weight is 241 g/mol. The first-order valence-corrected chi connectivity index (χ1v) is 8.00. The standard InChI is InChI=1S/C16H35N/c1-5-9-12-16(8-4)15-17(13-10-6-2)14-11-7-3/h16H,5-15H2,1-4H3/t16-/m1/s1. The van der Waals surface area contributed by atoms with Crippen LogP contribution < -0.4 is 0 Å². The third-order valence-corrected chi connectivity index (χ3v) is 3.72. The minimum absolute atomic E-state index is 0.934. The molecular weight excluding hydrogens is 206 g/mol. The Morgan fingerprint density at radius 2 is 1.29 bits per heavy atom. The summed E-state index contributed by atoms with van der Waals surface area (Å²) in [5.74, 6) is 0.934. The quantitative estimate of drug-likeness (QED) is 0.459. The summed E-state index contributed by atoms with van der Waals surface area (Å²) in [6.07, 6.45) is 10.9. The maximum absolute atomic E-state index is 2.72. The Morgan fingerprint density at radius 1 is 0.765 bits per heavy atom. The van der Waals surface area contributed by atoms with Gasteiger partial charge in [-0.15, -0.1) is 0 Å². The van der Waals surface area contributed by atoms with E-state index in [2.05, 4.69) is 32.6 Å². The van der Waals surface area contributed by atoms with Crippen molar-refractivity contribution in [3.05, 3.63) is 0 Å². The smallest absolute Gasteiger partial charge is 0.000955 e. The molecule has 0 saturated carbocycles. The Hall–Kier alpha value is -0.0400. The molecule has 17 heavy (non-hydrogen) atoms. The van der Waals surface area contributed by atoms with E-state index in [4.69, 9.17) is 0 Å². The zero-order chi connectivity index (χ0) is 12.9. The van der Waals surface area contributed by atoms with Gasteiger partial charge in [-0.05, 0) is 38.3 Å². The summed E-state index contributed by atoms with van der Waals surface area (Å²) in [7, 11) is 0. The van der Waals surface area contributed by atoms with Gasteiger partial charge >= 0.3 is 0 Å². The van der Waals surface area contributed by atoms with Crippen LogP contribution in [-0.2, 0) is 0 Å². The van der Waals surface area contributed by atoms with E-state index < -0.39 is 0 Å². The van der Waals surface area contributed by atoms with Crippen molar-refractivity contribution in [2.75, 3.05) is 19.6 Å². The monoisotopic (exact) mass is 241 g/mol. The van der Waals surface area contributed by atoms with Crippen LogP contribution in [0.15, 0.2) is 0 Å². The minimum Gasteiger partial charge on any atom is -0.303 e. The van der Waals surface area contributed by atoms with Gasteiger partial charge < -0.3 is 4.90 Å². The highest BCUT2D eigenvalue weighted by molar-refractivity contribution is 4.65. The lowest BCUT2D eigenvalue weighted by atomic mass is 9.98. The Bertz CT molecular complexity index is 136. The van der Waals surface area contributed by atoms with Gasteiger partial charge in [-0.25, -0.2) is 0 Å². The first-order valence-electron chi connectivity index (χ1n) is 8.00. The van der Waals surface area contributed by atoms with Crippen molar-refractivity contribution in [3.8, 4) is 0 Å². The molecule has 1 heteroatoms. The lowest BCUT2D eigenvalue weighted by molar-refractivity contribution is 0.213. The van der Waals surface area contributed by atoms with Gasteiger partial charge in [-0.3, -0.25) is 0 Å². The van der Waals surface area contributed by atoms with Crippen LogP contribution >= 0.6 is 0 Å². The average Bonchev–Trinajstić information content (AvgIpc) is 2.36. The lowest BCUT2D eigenvalue weighted by Gasteiger charge is -2.27.